The number of nitrogens with one attached hydrogen (secondary N) is 1. The van der Waals surface area contributed by atoms with Gasteiger partial charge in [0, 0.05) is 25.3 Å². The van der Waals surface area contributed by atoms with E-state index in [1.807, 2.05) is 31.2 Å². The molecular formula is C13H19N3O. The van der Waals surface area contributed by atoms with E-state index in [0.29, 0.717) is 0 Å². The number of fused-ring (bicyclic) bond motifs is 1. The van der Waals surface area contributed by atoms with Crippen LogP contribution in [0.25, 0.3) is 0 Å². The maximum absolute atomic E-state index is 11.7. The number of anilines is 1. The van der Waals surface area contributed by atoms with Crippen molar-refractivity contribution in [3.63, 3.8) is 0 Å². The Hall–Kier alpha value is -1.55. The number of nitrogens with zero attached hydrogens (tertiary/aromatic N) is 1. The molecule has 0 spiro atoms. The van der Waals surface area contributed by atoms with E-state index >= 15 is 0 Å². The number of para-hydroxylation sites is 1. The molecule has 1 amide bonds. The van der Waals surface area contributed by atoms with Crippen molar-refractivity contribution in [2.45, 2.75) is 25.4 Å². The van der Waals surface area contributed by atoms with Crippen molar-refractivity contribution < 1.29 is 4.79 Å². The molecule has 0 bridgehead atoms. The Labute approximate surface area is 102 Å². The van der Waals surface area contributed by atoms with E-state index in [1.165, 1.54) is 0 Å². The number of benzene rings is 1. The molecule has 4 nitrogen and oxygen atoms in total. The van der Waals surface area contributed by atoms with E-state index in [-0.39, 0.29) is 18.0 Å². The molecule has 4 heteroatoms. The summed E-state index contributed by atoms with van der Waals surface area (Å²) in [6.07, 6.45) is 0.887. The Kier molecular flexibility index (Phi) is 3.33. The molecule has 1 aliphatic rings. The number of rotatable bonds is 2. The predicted octanol–water partition coefficient (Wildman–Crippen LogP) is 1.03. The Balaban J connectivity index is 2.33. The summed E-state index contributed by atoms with van der Waals surface area (Å²) >= 11 is 0. The van der Waals surface area contributed by atoms with Crippen molar-refractivity contribution in [2.24, 2.45) is 5.73 Å². The zero-order valence-corrected chi connectivity index (χ0v) is 10.3. The maximum atomic E-state index is 11.7. The highest BCUT2D eigenvalue weighted by Gasteiger charge is 2.28. The molecule has 1 aromatic rings. The van der Waals surface area contributed by atoms with Gasteiger partial charge in [-0.2, -0.15) is 0 Å². The van der Waals surface area contributed by atoms with Crippen LogP contribution in [0.4, 0.5) is 5.69 Å². The molecule has 0 saturated heterocycles. The van der Waals surface area contributed by atoms with Crippen LogP contribution in [0.15, 0.2) is 24.3 Å². The van der Waals surface area contributed by atoms with Crippen LogP contribution in [0.3, 0.4) is 0 Å². The van der Waals surface area contributed by atoms with Crippen LogP contribution in [0.2, 0.25) is 0 Å². The van der Waals surface area contributed by atoms with Gasteiger partial charge >= 0.3 is 0 Å². The van der Waals surface area contributed by atoms with Crippen LogP contribution in [0.1, 0.15) is 24.9 Å². The minimum atomic E-state index is -0.159. The third-order valence-corrected chi connectivity index (χ3v) is 3.42. The van der Waals surface area contributed by atoms with Crippen molar-refractivity contribution in [1.29, 1.82) is 0 Å². The van der Waals surface area contributed by atoms with Gasteiger partial charge in [-0.15, -0.1) is 0 Å². The largest absolute Gasteiger partial charge is 0.359 e. The normalized spacial score (nSPS) is 20.6. The Morgan fingerprint density at radius 3 is 2.94 bits per heavy atom. The van der Waals surface area contributed by atoms with Gasteiger partial charge in [-0.3, -0.25) is 4.79 Å². The number of carbonyl (C=O) groups excluding carboxylic acids is 1. The second-order valence-corrected chi connectivity index (χ2v) is 4.44. The number of carbonyl (C=O) groups is 1. The molecule has 2 atom stereocenters. The van der Waals surface area contributed by atoms with Gasteiger partial charge in [0.25, 0.3) is 0 Å². The molecule has 2 rings (SSSR count). The molecule has 3 N–H and O–H groups in total. The van der Waals surface area contributed by atoms with Crippen molar-refractivity contribution in [3.8, 4) is 0 Å². The first-order valence-electron chi connectivity index (χ1n) is 5.98. The van der Waals surface area contributed by atoms with E-state index in [2.05, 4.69) is 10.2 Å². The zero-order chi connectivity index (χ0) is 12.4. The van der Waals surface area contributed by atoms with Crippen molar-refractivity contribution in [2.75, 3.05) is 18.5 Å². The second kappa shape index (κ2) is 4.75. The molecule has 2 unspecified atom stereocenters. The van der Waals surface area contributed by atoms with Crippen LogP contribution in [-0.4, -0.2) is 25.5 Å². The predicted molar refractivity (Wildman–Crippen MR) is 68.9 cm³/mol. The smallest absolute Gasteiger partial charge is 0.242 e. The van der Waals surface area contributed by atoms with Crippen molar-refractivity contribution in [1.82, 2.24) is 5.32 Å². The van der Waals surface area contributed by atoms with Crippen LogP contribution in [-0.2, 0) is 4.79 Å². The topological polar surface area (TPSA) is 58.4 Å². The standard InChI is InChI=1S/C13H19N3O/c1-9(13(17)15-2)16-8-7-11(14)10-5-3-4-6-12(10)16/h3-6,9,11H,7-8,14H2,1-2H3,(H,15,17). The monoisotopic (exact) mass is 233 g/mol. The summed E-state index contributed by atoms with van der Waals surface area (Å²) in [5.41, 5.74) is 8.31. The third kappa shape index (κ3) is 2.13. The van der Waals surface area contributed by atoms with Gasteiger partial charge in [0.1, 0.15) is 6.04 Å². The summed E-state index contributed by atoms with van der Waals surface area (Å²) in [7, 11) is 1.67. The fourth-order valence-electron chi connectivity index (χ4n) is 2.37. The van der Waals surface area contributed by atoms with Gasteiger partial charge in [-0.05, 0) is 25.0 Å². The SMILES string of the molecule is CNC(=O)C(C)N1CCC(N)c2ccccc21. The lowest BCUT2D eigenvalue weighted by Crippen LogP contribution is -2.47. The molecule has 1 aromatic carbocycles. The number of hydrogen-bond acceptors (Lipinski definition) is 3. The number of hydrogen-bond donors (Lipinski definition) is 2. The van der Waals surface area contributed by atoms with Crippen molar-refractivity contribution >= 4 is 11.6 Å². The molecule has 0 radical (unpaired) electrons. The first-order chi connectivity index (χ1) is 8.15. The number of amides is 1. The lowest BCUT2D eigenvalue weighted by atomic mass is 9.96. The van der Waals surface area contributed by atoms with E-state index < -0.39 is 0 Å². The Bertz CT molecular complexity index is 419. The molecular weight excluding hydrogens is 214 g/mol. The minimum absolute atomic E-state index is 0.0373. The highest BCUT2D eigenvalue weighted by molar-refractivity contribution is 5.85. The lowest BCUT2D eigenvalue weighted by molar-refractivity contribution is -0.121. The molecule has 0 fully saturated rings. The molecule has 0 saturated carbocycles. The van der Waals surface area contributed by atoms with Gasteiger partial charge in [-0.25, -0.2) is 0 Å². The summed E-state index contributed by atoms with van der Waals surface area (Å²) in [5, 5.41) is 2.69. The van der Waals surface area contributed by atoms with Crippen LogP contribution >= 0.6 is 0 Å². The van der Waals surface area contributed by atoms with Gasteiger partial charge in [0.05, 0.1) is 0 Å². The zero-order valence-electron chi connectivity index (χ0n) is 10.3. The molecule has 17 heavy (non-hydrogen) atoms. The fourth-order valence-corrected chi connectivity index (χ4v) is 2.37. The number of likely N-dealkylation sites (N-methyl/N-ethyl adjacent to an activating group) is 1. The fraction of sp³-hybridized carbons (Fsp3) is 0.462. The average molecular weight is 233 g/mol. The minimum Gasteiger partial charge on any atom is -0.359 e. The van der Waals surface area contributed by atoms with E-state index in [4.69, 9.17) is 5.73 Å². The Morgan fingerprint density at radius 1 is 1.53 bits per heavy atom. The summed E-state index contributed by atoms with van der Waals surface area (Å²) in [5.74, 6) is 0.0373. The average Bonchev–Trinajstić information content (AvgIpc) is 2.38. The molecule has 0 aliphatic carbocycles. The summed E-state index contributed by atoms with van der Waals surface area (Å²) in [6.45, 7) is 2.75. The Morgan fingerprint density at radius 2 is 2.24 bits per heavy atom. The molecule has 1 aliphatic heterocycles. The van der Waals surface area contributed by atoms with E-state index in [1.54, 1.807) is 7.05 Å². The quantitative estimate of drug-likeness (QED) is 0.802. The molecule has 0 aromatic heterocycles. The molecule has 92 valence electrons. The summed E-state index contributed by atoms with van der Waals surface area (Å²) in [6, 6.07) is 7.98. The van der Waals surface area contributed by atoms with Gasteiger partial charge in [0.2, 0.25) is 5.91 Å². The van der Waals surface area contributed by atoms with Crippen molar-refractivity contribution in [3.05, 3.63) is 29.8 Å². The highest BCUT2D eigenvalue weighted by Crippen LogP contribution is 2.33. The highest BCUT2D eigenvalue weighted by atomic mass is 16.2. The van der Waals surface area contributed by atoms with E-state index in [9.17, 15) is 4.79 Å². The maximum Gasteiger partial charge on any atom is 0.242 e. The third-order valence-electron chi connectivity index (χ3n) is 3.42. The van der Waals surface area contributed by atoms with Crippen LogP contribution in [0, 0.1) is 0 Å². The van der Waals surface area contributed by atoms with Gasteiger partial charge < -0.3 is 16.0 Å². The first kappa shape index (κ1) is 11.9. The molecule has 1 heterocycles. The summed E-state index contributed by atoms with van der Waals surface area (Å²) < 4.78 is 0. The van der Waals surface area contributed by atoms with E-state index in [0.717, 1.165) is 24.2 Å². The summed E-state index contributed by atoms with van der Waals surface area (Å²) in [4.78, 5) is 13.8. The van der Waals surface area contributed by atoms with Crippen LogP contribution in [0.5, 0.6) is 0 Å². The van der Waals surface area contributed by atoms with Gasteiger partial charge in [-0.1, -0.05) is 18.2 Å². The second-order valence-electron chi connectivity index (χ2n) is 4.44. The first-order valence-corrected chi connectivity index (χ1v) is 5.98. The van der Waals surface area contributed by atoms with Crippen LogP contribution < -0.4 is 16.0 Å². The lowest BCUT2D eigenvalue weighted by Gasteiger charge is -2.37. The van der Waals surface area contributed by atoms with Gasteiger partial charge in [0.15, 0.2) is 0 Å². The number of nitrogens with two attached hydrogens (primary N) is 1.